The van der Waals surface area contributed by atoms with Crippen LogP contribution in [0.3, 0.4) is 0 Å². The van der Waals surface area contributed by atoms with Crippen LogP contribution >= 0.6 is 0 Å². The lowest BCUT2D eigenvalue weighted by atomic mass is 9.96. The van der Waals surface area contributed by atoms with Crippen LogP contribution in [0, 0.1) is 12.8 Å². The molecule has 6 heteroatoms. The molecule has 1 saturated heterocycles. The van der Waals surface area contributed by atoms with Gasteiger partial charge in [0.1, 0.15) is 11.4 Å². The van der Waals surface area contributed by atoms with Crippen molar-refractivity contribution in [3.63, 3.8) is 0 Å². The van der Waals surface area contributed by atoms with Gasteiger partial charge in [0.25, 0.3) is 5.91 Å². The Balaban J connectivity index is 1.83. The smallest absolute Gasteiger partial charge is 0.274 e. The van der Waals surface area contributed by atoms with Crippen LogP contribution in [0.1, 0.15) is 29.4 Å². The Hall–Kier alpha value is -2.34. The number of methoxy groups -OCH3 is 1. The molecule has 1 aromatic carbocycles. The number of hydrogen-bond donors (Lipinski definition) is 1. The molecule has 0 radical (unpaired) electrons. The molecule has 1 aliphatic rings. The number of ether oxygens (including phenoxy) is 1. The molecular formula is C18H23N3O3. The number of benzene rings is 1. The molecule has 0 aliphatic carbocycles. The van der Waals surface area contributed by atoms with Gasteiger partial charge >= 0.3 is 0 Å². The van der Waals surface area contributed by atoms with Gasteiger partial charge in [-0.05, 0) is 43.0 Å². The Bertz CT molecular complexity index is 741. The zero-order chi connectivity index (χ0) is 17.3. The molecule has 2 aromatic rings. The molecule has 0 saturated carbocycles. The van der Waals surface area contributed by atoms with E-state index in [0.29, 0.717) is 24.5 Å². The number of carbonyl (C=O) groups excluding carboxylic acids is 1. The van der Waals surface area contributed by atoms with Crippen LogP contribution in [0.15, 0.2) is 30.5 Å². The molecule has 1 aromatic heterocycles. The molecule has 128 valence electrons. The first-order valence-electron chi connectivity index (χ1n) is 8.17. The van der Waals surface area contributed by atoms with E-state index in [0.717, 1.165) is 17.7 Å². The van der Waals surface area contributed by atoms with Gasteiger partial charge in [0.15, 0.2) is 5.69 Å². The summed E-state index contributed by atoms with van der Waals surface area (Å²) in [6.45, 7) is 5.01. The zero-order valence-corrected chi connectivity index (χ0v) is 14.3. The van der Waals surface area contributed by atoms with Crippen molar-refractivity contribution in [3.05, 3.63) is 41.7 Å². The van der Waals surface area contributed by atoms with Crippen molar-refractivity contribution in [2.45, 2.75) is 26.4 Å². The maximum atomic E-state index is 12.6. The molecule has 0 bridgehead atoms. The van der Waals surface area contributed by atoms with Crippen molar-refractivity contribution in [1.82, 2.24) is 14.7 Å². The summed E-state index contributed by atoms with van der Waals surface area (Å²) in [5.74, 6) is 0.777. The van der Waals surface area contributed by atoms with Crippen molar-refractivity contribution >= 4 is 5.91 Å². The summed E-state index contributed by atoms with van der Waals surface area (Å²) in [6.07, 6.45) is 2.09. The van der Waals surface area contributed by atoms with Crippen LogP contribution in [0.4, 0.5) is 0 Å². The summed E-state index contributed by atoms with van der Waals surface area (Å²) in [7, 11) is 1.61. The normalized spacial score (nSPS) is 20.9. The molecule has 1 N–H and O–H groups in total. The summed E-state index contributed by atoms with van der Waals surface area (Å²) >= 11 is 0. The molecule has 0 spiro atoms. The number of nitrogens with zero attached hydrogens (tertiary/aromatic N) is 3. The predicted octanol–water partition coefficient (Wildman–Crippen LogP) is 2.03. The SMILES string of the molecule is COc1ccc(C)cc1-n1ccc(C(=O)N2CCC(C)C(O)C2)n1. The maximum absolute atomic E-state index is 12.6. The lowest BCUT2D eigenvalue weighted by Crippen LogP contribution is -2.45. The molecule has 6 nitrogen and oxygen atoms in total. The van der Waals surface area contributed by atoms with E-state index in [1.807, 2.05) is 32.0 Å². The standard InChI is InChI=1S/C18H23N3O3/c1-12-4-5-17(24-3)15(10-12)21-9-7-14(19-21)18(23)20-8-6-13(2)16(22)11-20/h4-5,7,9-10,13,16,22H,6,8,11H2,1-3H3. The van der Waals surface area contributed by atoms with E-state index in [2.05, 4.69) is 5.10 Å². The van der Waals surface area contributed by atoms with Gasteiger partial charge in [-0.25, -0.2) is 4.68 Å². The highest BCUT2D eigenvalue weighted by Gasteiger charge is 2.29. The third-order valence-corrected chi connectivity index (χ3v) is 4.60. The quantitative estimate of drug-likeness (QED) is 0.936. The van der Waals surface area contributed by atoms with E-state index in [-0.39, 0.29) is 11.8 Å². The second kappa shape index (κ2) is 6.65. The van der Waals surface area contributed by atoms with Gasteiger partial charge in [-0.3, -0.25) is 4.79 Å². The highest BCUT2D eigenvalue weighted by Crippen LogP contribution is 2.24. The fraction of sp³-hybridized carbons (Fsp3) is 0.444. The number of carbonyl (C=O) groups is 1. The third-order valence-electron chi connectivity index (χ3n) is 4.60. The average molecular weight is 329 g/mol. The van der Waals surface area contributed by atoms with Crippen molar-refractivity contribution in [2.75, 3.05) is 20.2 Å². The van der Waals surface area contributed by atoms with E-state index in [1.54, 1.807) is 29.0 Å². The largest absolute Gasteiger partial charge is 0.494 e. The molecule has 1 amide bonds. The summed E-state index contributed by atoms with van der Waals surface area (Å²) in [6, 6.07) is 7.52. The molecule has 1 aliphatic heterocycles. The van der Waals surface area contributed by atoms with Gasteiger partial charge in [0.2, 0.25) is 0 Å². The topological polar surface area (TPSA) is 67.6 Å². The van der Waals surface area contributed by atoms with E-state index < -0.39 is 6.10 Å². The fourth-order valence-electron chi connectivity index (χ4n) is 2.95. The number of aromatic nitrogens is 2. The van der Waals surface area contributed by atoms with Gasteiger partial charge in [0.05, 0.1) is 13.2 Å². The highest BCUT2D eigenvalue weighted by molar-refractivity contribution is 5.92. The number of aryl methyl sites for hydroxylation is 1. The molecule has 1 fully saturated rings. The molecule has 2 unspecified atom stereocenters. The highest BCUT2D eigenvalue weighted by atomic mass is 16.5. The number of β-amino-alcohol motifs (C(OH)–C–C–N with tert-alkyl or cyclic N) is 1. The number of hydrogen-bond acceptors (Lipinski definition) is 4. The second-order valence-corrected chi connectivity index (χ2v) is 6.41. The lowest BCUT2D eigenvalue weighted by Gasteiger charge is -2.33. The monoisotopic (exact) mass is 329 g/mol. The van der Waals surface area contributed by atoms with Gasteiger partial charge in [-0.2, -0.15) is 5.10 Å². The van der Waals surface area contributed by atoms with Crippen LogP contribution in [-0.4, -0.2) is 52.0 Å². The van der Waals surface area contributed by atoms with Crippen LogP contribution in [-0.2, 0) is 0 Å². The van der Waals surface area contributed by atoms with E-state index >= 15 is 0 Å². The first kappa shape index (κ1) is 16.5. The summed E-state index contributed by atoms with van der Waals surface area (Å²) in [4.78, 5) is 14.3. The number of aliphatic hydroxyl groups excluding tert-OH is 1. The van der Waals surface area contributed by atoms with Crippen LogP contribution in [0.2, 0.25) is 0 Å². The van der Waals surface area contributed by atoms with Crippen molar-refractivity contribution in [2.24, 2.45) is 5.92 Å². The van der Waals surface area contributed by atoms with Crippen LogP contribution < -0.4 is 4.74 Å². The number of aliphatic hydroxyl groups is 1. The Morgan fingerprint density at radius 1 is 1.38 bits per heavy atom. The van der Waals surface area contributed by atoms with Crippen molar-refractivity contribution < 1.29 is 14.6 Å². The minimum Gasteiger partial charge on any atom is -0.494 e. The van der Waals surface area contributed by atoms with Gasteiger partial charge in [-0.15, -0.1) is 0 Å². The van der Waals surface area contributed by atoms with E-state index in [9.17, 15) is 9.90 Å². The van der Waals surface area contributed by atoms with Crippen LogP contribution in [0.5, 0.6) is 5.75 Å². The molecular weight excluding hydrogens is 306 g/mol. The molecule has 3 rings (SSSR count). The second-order valence-electron chi connectivity index (χ2n) is 6.41. The Morgan fingerprint density at radius 2 is 2.17 bits per heavy atom. The first-order chi connectivity index (χ1) is 11.5. The minimum absolute atomic E-state index is 0.147. The van der Waals surface area contributed by atoms with Crippen molar-refractivity contribution in [3.8, 4) is 11.4 Å². The Labute approximate surface area is 141 Å². The first-order valence-corrected chi connectivity index (χ1v) is 8.17. The van der Waals surface area contributed by atoms with E-state index in [1.165, 1.54) is 0 Å². The number of likely N-dealkylation sites (tertiary alicyclic amines) is 1. The third kappa shape index (κ3) is 3.14. The molecule has 2 heterocycles. The van der Waals surface area contributed by atoms with E-state index in [4.69, 9.17) is 4.74 Å². The van der Waals surface area contributed by atoms with Crippen LogP contribution in [0.25, 0.3) is 5.69 Å². The predicted molar refractivity (Wildman–Crippen MR) is 90.5 cm³/mol. The van der Waals surface area contributed by atoms with Gasteiger partial charge in [-0.1, -0.05) is 13.0 Å². The number of piperidine rings is 1. The Morgan fingerprint density at radius 3 is 2.88 bits per heavy atom. The summed E-state index contributed by atoms with van der Waals surface area (Å²) in [5, 5.41) is 14.4. The molecule has 2 atom stereocenters. The Kier molecular flexibility index (Phi) is 4.57. The fourth-order valence-corrected chi connectivity index (χ4v) is 2.95. The maximum Gasteiger partial charge on any atom is 0.274 e. The van der Waals surface area contributed by atoms with Gasteiger partial charge < -0.3 is 14.7 Å². The lowest BCUT2D eigenvalue weighted by molar-refractivity contribution is 0.0245. The van der Waals surface area contributed by atoms with Gasteiger partial charge in [0, 0.05) is 19.3 Å². The summed E-state index contributed by atoms with van der Waals surface area (Å²) in [5.41, 5.74) is 2.26. The molecule has 24 heavy (non-hydrogen) atoms. The van der Waals surface area contributed by atoms with Crippen molar-refractivity contribution in [1.29, 1.82) is 0 Å². The summed E-state index contributed by atoms with van der Waals surface area (Å²) < 4.78 is 7.03. The number of amides is 1. The average Bonchev–Trinajstić information content (AvgIpc) is 3.06. The zero-order valence-electron chi connectivity index (χ0n) is 14.3. The minimum atomic E-state index is -0.471. The number of rotatable bonds is 3.